The number of amides is 1. The minimum atomic E-state index is -0.946. The molecule has 2 N–H and O–H groups in total. The van der Waals surface area contributed by atoms with Crippen molar-refractivity contribution in [3.63, 3.8) is 0 Å². The summed E-state index contributed by atoms with van der Waals surface area (Å²) in [7, 11) is 0. The standard InChI is InChI=1S/C14H15N3O3/c18-13(17-8-4-3-7-11(17)14(19)20)12-9-5-1-2-6-10(9)15-16-12/h1-2,5-6,11H,3-4,7-8H2,(H,15,16)(H,19,20)/t11-/m1/s1. The molecule has 0 bridgehead atoms. The van der Waals surface area contributed by atoms with Crippen molar-refractivity contribution in [3.8, 4) is 0 Å². The normalized spacial score (nSPS) is 19.2. The molecule has 1 fully saturated rings. The number of benzene rings is 1. The van der Waals surface area contributed by atoms with Crippen molar-refractivity contribution in [1.82, 2.24) is 15.1 Å². The van der Waals surface area contributed by atoms with Gasteiger partial charge in [-0.05, 0) is 25.3 Å². The van der Waals surface area contributed by atoms with E-state index in [4.69, 9.17) is 0 Å². The Morgan fingerprint density at radius 3 is 2.90 bits per heavy atom. The van der Waals surface area contributed by atoms with E-state index in [1.807, 2.05) is 24.3 Å². The molecule has 3 rings (SSSR count). The Kier molecular flexibility index (Phi) is 3.14. The van der Waals surface area contributed by atoms with Gasteiger partial charge in [-0.1, -0.05) is 18.2 Å². The van der Waals surface area contributed by atoms with Crippen molar-refractivity contribution in [3.05, 3.63) is 30.0 Å². The van der Waals surface area contributed by atoms with Crippen LogP contribution >= 0.6 is 0 Å². The van der Waals surface area contributed by atoms with Crippen molar-refractivity contribution in [2.75, 3.05) is 6.54 Å². The zero-order valence-electron chi connectivity index (χ0n) is 10.9. The fourth-order valence-electron chi connectivity index (χ4n) is 2.69. The van der Waals surface area contributed by atoms with Crippen molar-refractivity contribution in [1.29, 1.82) is 0 Å². The number of piperidine rings is 1. The first-order valence-electron chi connectivity index (χ1n) is 6.65. The van der Waals surface area contributed by atoms with Gasteiger partial charge in [-0.3, -0.25) is 9.89 Å². The first-order valence-corrected chi connectivity index (χ1v) is 6.65. The van der Waals surface area contributed by atoms with Crippen LogP contribution in [0.15, 0.2) is 24.3 Å². The number of aromatic nitrogens is 2. The van der Waals surface area contributed by atoms with E-state index < -0.39 is 12.0 Å². The monoisotopic (exact) mass is 273 g/mol. The lowest BCUT2D eigenvalue weighted by Crippen LogP contribution is -2.48. The second-order valence-electron chi connectivity index (χ2n) is 4.97. The third-order valence-electron chi connectivity index (χ3n) is 3.72. The van der Waals surface area contributed by atoms with Gasteiger partial charge in [0.05, 0.1) is 5.52 Å². The predicted molar refractivity (Wildman–Crippen MR) is 72.4 cm³/mol. The second-order valence-corrected chi connectivity index (χ2v) is 4.97. The summed E-state index contributed by atoms with van der Waals surface area (Å²) in [6, 6.07) is 6.59. The minimum absolute atomic E-state index is 0.300. The molecular weight excluding hydrogens is 258 g/mol. The molecule has 2 heterocycles. The number of H-pyrrole nitrogens is 1. The van der Waals surface area contributed by atoms with Crippen LogP contribution < -0.4 is 0 Å². The molecule has 1 aromatic carbocycles. The van der Waals surface area contributed by atoms with Crippen LogP contribution in [-0.4, -0.2) is 44.7 Å². The summed E-state index contributed by atoms with van der Waals surface area (Å²) < 4.78 is 0. The largest absolute Gasteiger partial charge is 0.480 e. The highest BCUT2D eigenvalue weighted by Gasteiger charge is 2.33. The number of nitrogens with one attached hydrogen (secondary N) is 1. The van der Waals surface area contributed by atoms with Crippen LogP contribution in [0.3, 0.4) is 0 Å². The number of nitrogens with zero attached hydrogens (tertiary/aromatic N) is 2. The van der Waals surface area contributed by atoms with Gasteiger partial charge in [0.15, 0.2) is 5.69 Å². The molecule has 2 aromatic rings. The summed E-state index contributed by atoms with van der Waals surface area (Å²) in [6.07, 6.45) is 2.17. The van der Waals surface area contributed by atoms with E-state index >= 15 is 0 Å². The van der Waals surface area contributed by atoms with Crippen LogP contribution in [0.25, 0.3) is 10.9 Å². The summed E-state index contributed by atoms with van der Waals surface area (Å²) >= 11 is 0. The average Bonchev–Trinajstić information content (AvgIpc) is 2.90. The van der Waals surface area contributed by atoms with Gasteiger partial charge in [0.1, 0.15) is 6.04 Å². The highest BCUT2D eigenvalue weighted by molar-refractivity contribution is 6.05. The number of carboxylic acid groups (broad SMARTS) is 1. The molecule has 1 atom stereocenters. The molecule has 0 aliphatic carbocycles. The average molecular weight is 273 g/mol. The summed E-state index contributed by atoms with van der Waals surface area (Å²) in [6.45, 7) is 0.469. The number of carboxylic acids is 1. The molecule has 104 valence electrons. The molecule has 0 radical (unpaired) electrons. The Morgan fingerprint density at radius 1 is 1.30 bits per heavy atom. The van der Waals surface area contributed by atoms with Crippen LogP contribution in [0.1, 0.15) is 29.8 Å². The number of hydrogen-bond donors (Lipinski definition) is 2. The van der Waals surface area contributed by atoms with E-state index in [2.05, 4.69) is 10.2 Å². The lowest BCUT2D eigenvalue weighted by molar-refractivity contribution is -0.143. The summed E-state index contributed by atoms with van der Waals surface area (Å²) in [5, 5.41) is 16.8. The number of hydrogen-bond acceptors (Lipinski definition) is 3. The quantitative estimate of drug-likeness (QED) is 0.871. The second kappa shape index (κ2) is 4.96. The Morgan fingerprint density at radius 2 is 2.10 bits per heavy atom. The number of fused-ring (bicyclic) bond motifs is 1. The van der Waals surface area contributed by atoms with Crippen LogP contribution in [0.4, 0.5) is 0 Å². The third kappa shape index (κ3) is 2.03. The molecule has 0 unspecified atom stereocenters. The van der Waals surface area contributed by atoms with Crippen LogP contribution in [0.2, 0.25) is 0 Å². The molecule has 1 aliphatic heterocycles. The van der Waals surface area contributed by atoms with Gasteiger partial charge in [-0.25, -0.2) is 4.79 Å². The number of para-hydroxylation sites is 1. The fraction of sp³-hybridized carbons (Fsp3) is 0.357. The summed E-state index contributed by atoms with van der Waals surface area (Å²) in [4.78, 5) is 25.3. The number of likely N-dealkylation sites (tertiary alicyclic amines) is 1. The minimum Gasteiger partial charge on any atom is -0.480 e. The van der Waals surface area contributed by atoms with Crippen molar-refractivity contribution in [2.24, 2.45) is 0 Å². The third-order valence-corrected chi connectivity index (χ3v) is 3.72. The molecule has 0 saturated carbocycles. The van der Waals surface area contributed by atoms with Gasteiger partial charge in [0, 0.05) is 11.9 Å². The highest BCUT2D eigenvalue weighted by Crippen LogP contribution is 2.22. The summed E-state index contributed by atoms with van der Waals surface area (Å²) in [5.41, 5.74) is 1.08. The zero-order valence-corrected chi connectivity index (χ0v) is 10.9. The van der Waals surface area contributed by atoms with Gasteiger partial charge < -0.3 is 10.0 Å². The molecule has 1 aromatic heterocycles. The molecule has 6 heteroatoms. The van der Waals surface area contributed by atoms with Gasteiger partial charge >= 0.3 is 5.97 Å². The van der Waals surface area contributed by atoms with E-state index in [0.717, 1.165) is 23.7 Å². The molecule has 1 amide bonds. The lowest BCUT2D eigenvalue weighted by atomic mass is 10.0. The van der Waals surface area contributed by atoms with Crippen molar-refractivity contribution >= 4 is 22.8 Å². The topological polar surface area (TPSA) is 86.3 Å². The van der Waals surface area contributed by atoms with Crippen LogP contribution in [0, 0.1) is 0 Å². The van der Waals surface area contributed by atoms with Crippen LogP contribution in [-0.2, 0) is 4.79 Å². The Balaban J connectivity index is 1.96. The predicted octanol–water partition coefficient (Wildman–Crippen LogP) is 1.64. The van der Waals surface area contributed by atoms with Crippen LogP contribution in [0.5, 0.6) is 0 Å². The zero-order chi connectivity index (χ0) is 14.1. The molecule has 1 saturated heterocycles. The van der Waals surface area contributed by atoms with E-state index in [0.29, 0.717) is 18.7 Å². The molecule has 0 spiro atoms. The number of carbonyl (C=O) groups is 2. The van der Waals surface area contributed by atoms with Crippen molar-refractivity contribution < 1.29 is 14.7 Å². The SMILES string of the molecule is O=C(O)[C@H]1CCCCN1C(=O)c1n[nH]c2ccccc12. The molecule has 1 aliphatic rings. The molecular formula is C14H15N3O3. The number of aromatic amines is 1. The number of rotatable bonds is 2. The maximum absolute atomic E-state index is 12.6. The maximum Gasteiger partial charge on any atom is 0.326 e. The van der Waals surface area contributed by atoms with E-state index in [1.54, 1.807) is 0 Å². The van der Waals surface area contributed by atoms with E-state index in [-0.39, 0.29) is 5.91 Å². The first-order chi connectivity index (χ1) is 9.68. The smallest absolute Gasteiger partial charge is 0.326 e. The molecule has 6 nitrogen and oxygen atoms in total. The number of carbonyl (C=O) groups excluding carboxylic acids is 1. The Labute approximate surface area is 115 Å². The summed E-state index contributed by atoms with van der Waals surface area (Å²) in [5.74, 6) is -1.26. The highest BCUT2D eigenvalue weighted by atomic mass is 16.4. The van der Waals surface area contributed by atoms with E-state index in [1.165, 1.54) is 4.90 Å². The van der Waals surface area contributed by atoms with Gasteiger partial charge in [-0.15, -0.1) is 0 Å². The maximum atomic E-state index is 12.6. The van der Waals surface area contributed by atoms with E-state index in [9.17, 15) is 14.7 Å². The first kappa shape index (κ1) is 12.7. The van der Waals surface area contributed by atoms with Gasteiger partial charge in [-0.2, -0.15) is 5.10 Å². The lowest BCUT2D eigenvalue weighted by Gasteiger charge is -2.32. The molecule has 20 heavy (non-hydrogen) atoms. The Bertz CT molecular complexity index is 664. The fourth-order valence-corrected chi connectivity index (χ4v) is 2.69. The number of aliphatic carboxylic acids is 1. The van der Waals surface area contributed by atoms with Gasteiger partial charge in [0.25, 0.3) is 5.91 Å². The van der Waals surface area contributed by atoms with Gasteiger partial charge in [0.2, 0.25) is 0 Å². The van der Waals surface area contributed by atoms with Crippen molar-refractivity contribution in [2.45, 2.75) is 25.3 Å². The Hall–Kier alpha value is -2.37.